The molecule has 0 spiro atoms. The highest BCUT2D eigenvalue weighted by Crippen LogP contribution is 2.23. The largest absolute Gasteiger partial charge is 0.497 e. The van der Waals surface area contributed by atoms with E-state index in [0.29, 0.717) is 12.4 Å². The number of carbonyl (C=O) groups excluding carboxylic acids is 1. The number of carbonyl (C=O) groups is 1. The topological polar surface area (TPSA) is 67.6 Å². The third-order valence-corrected chi connectivity index (χ3v) is 4.44. The number of benzene rings is 1. The zero-order valence-corrected chi connectivity index (χ0v) is 14.3. The van der Waals surface area contributed by atoms with E-state index in [9.17, 15) is 4.79 Å². The van der Waals surface area contributed by atoms with Crippen molar-refractivity contribution >= 4 is 11.6 Å². The zero-order valence-electron chi connectivity index (χ0n) is 14.3. The molecule has 1 aliphatic rings. The molecule has 1 amide bonds. The van der Waals surface area contributed by atoms with Gasteiger partial charge in [0.25, 0.3) is 0 Å². The van der Waals surface area contributed by atoms with Crippen LogP contribution in [-0.4, -0.2) is 35.5 Å². The van der Waals surface area contributed by atoms with Gasteiger partial charge in [0, 0.05) is 5.69 Å². The molecule has 1 unspecified atom stereocenters. The number of hydrogen-bond donors (Lipinski definition) is 1. The molecule has 1 aromatic carbocycles. The van der Waals surface area contributed by atoms with Crippen molar-refractivity contribution in [2.45, 2.75) is 39.3 Å². The summed E-state index contributed by atoms with van der Waals surface area (Å²) in [5.41, 5.74) is 1.68. The third kappa shape index (κ3) is 3.59. The Morgan fingerprint density at radius 1 is 1.38 bits per heavy atom. The van der Waals surface area contributed by atoms with Gasteiger partial charge in [-0.05, 0) is 57.5 Å². The Morgan fingerprint density at radius 2 is 2.12 bits per heavy atom. The molecule has 1 fully saturated rings. The first-order valence-electron chi connectivity index (χ1n) is 8.18. The fourth-order valence-corrected chi connectivity index (χ4v) is 2.99. The van der Waals surface area contributed by atoms with Crippen molar-refractivity contribution in [3.8, 4) is 5.75 Å². The predicted molar refractivity (Wildman–Crippen MR) is 91.0 cm³/mol. The molecule has 1 N–H and O–H groups in total. The van der Waals surface area contributed by atoms with Crippen LogP contribution in [0.1, 0.15) is 30.2 Å². The minimum atomic E-state index is -0.153. The molecule has 0 radical (unpaired) electrons. The van der Waals surface area contributed by atoms with Gasteiger partial charge in [0.15, 0.2) is 0 Å². The van der Waals surface area contributed by atoms with Crippen LogP contribution in [0.15, 0.2) is 28.7 Å². The lowest BCUT2D eigenvalue weighted by Gasteiger charge is -2.22. The molecular formula is C18H23N3O3. The summed E-state index contributed by atoms with van der Waals surface area (Å²) in [5, 5.41) is 2.98. The molecule has 0 aliphatic carbocycles. The number of nitrogens with one attached hydrogen (secondary N) is 1. The molecule has 2 heterocycles. The van der Waals surface area contributed by atoms with Crippen LogP contribution in [0.2, 0.25) is 0 Å². The number of ether oxygens (including phenoxy) is 1. The molecule has 6 nitrogen and oxygen atoms in total. The molecule has 1 atom stereocenters. The van der Waals surface area contributed by atoms with E-state index in [1.54, 1.807) is 7.11 Å². The monoisotopic (exact) mass is 329 g/mol. The normalized spacial score (nSPS) is 17.9. The molecule has 2 aromatic rings. The minimum Gasteiger partial charge on any atom is -0.497 e. The highest BCUT2D eigenvalue weighted by Gasteiger charge is 2.31. The van der Waals surface area contributed by atoms with Crippen molar-refractivity contribution in [1.82, 2.24) is 9.88 Å². The molecule has 0 bridgehead atoms. The van der Waals surface area contributed by atoms with Gasteiger partial charge >= 0.3 is 0 Å². The number of hydrogen-bond acceptors (Lipinski definition) is 5. The van der Waals surface area contributed by atoms with Crippen LogP contribution < -0.4 is 10.1 Å². The Morgan fingerprint density at radius 3 is 2.75 bits per heavy atom. The van der Waals surface area contributed by atoms with Crippen molar-refractivity contribution in [2.24, 2.45) is 0 Å². The standard InChI is InChI=1S/C18H23N3O3/c1-12-13(2)24-17(19-12)11-21-10-4-5-16(21)18(22)20-14-6-8-15(23-3)9-7-14/h6-9,16H,4-5,10-11H2,1-3H3,(H,20,22). The molecule has 128 valence electrons. The van der Waals surface area contributed by atoms with E-state index < -0.39 is 0 Å². The van der Waals surface area contributed by atoms with E-state index in [1.165, 1.54) is 0 Å². The van der Waals surface area contributed by atoms with Gasteiger partial charge in [-0.1, -0.05) is 0 Å². The zero-order chi connectivity index (χ0) is 17.1. The average Bonchev–Trinajstić information content (AvgIpc) is 3.15. The second kappa shape index (κ2) is 7.05. The van der Waals surface area contributed by atoms with Gasteiger partial charge < -0.3 is 14.5 Å². The number of likely N-dealkylation sites (tertiary alicyclic amines) is 1. The third-order valence-electron chi connectivity index (χ3n) is 4.44. The van der Waals surface area contributed by atoms with Crippen LogP contribution in [0, 0.1) is 13.8 Å². The first kappa shape index (κ1) is 16.5. The molecular weight excluding hydrogens is 306 g/mol. The lowest BCUT2D eigenvalue weighted by molar-refractivity contribution is -0.120. The summed E-state index contributed by atoms with van der Waals surface area (Å²) in [6, 6.07) is 7.20. The smallest absolute Gasteiger partial charge is 0.241 e. The Kier molecular flexibility index (Phi) is 4.85. The van der Waals surface area contributed by atoms with Gasteiger partial charge in [0.05, 0.1) is 25.4 Å². The van der Waals surface area contributed by atoms with E-state index in [1.807, 2.05) is 38.1 Å². The van der Waals surface area contributed by atoms with Crippen LogP contribution >= 0.6 is 0 Å². The number of methoxy groups -OCH3 is 1. The Labute approximate surface area is 141 Å². The van der Waals surface area contributed by atoms with Crippen LogP contribution in [0.3, 0.4) is 0 Å². The summed E-state index contributed by atoms with van der Waals surface area (Å²) >= 11 is 0. The number of amides is 1. The summed E-state index contributed by atoms with van der Waals surface area (Å²) in [5.74, 6) is 2.29. The maximum atomic E-state index is 12.6. The van der Waals surface area contributed by atoms with Crippen molar-refractivity contribution in [2.75, 3.05) is 19.0 Å². The van der Waals surface area contributed by atoms with Crippen molar-refractivity contribution in [1.29, 1.82) is 0 Å². The summed E-state index contributed by atoms with van der Waals surface area (Å²) < 4.78 is 10.8. The van der Waals surface area contributed by atoms with Crippen LogP contribution in [-0.2, 0) is 11.3 Å². The number of anilines is 1. The van der Waals surface area contributed by atoms with E-state index in [-0.39, 0.29) is 11.9 Å². The number of nitrogens with zero attached hydrogens (tertiary/aromatic N) is 2. The minimum absolute atomic E-state index is 0.0117. The first-order chi connectivity index (χ1) is 11.6. The van der Waals surface area contributed by atoms with E-state index in [0.717, 1.165) is 42.3 Å². The molecule has 6 heteroatoms. The maximum absolute atomic E-state index is 12.6. The highest BCUT2D eigenvalue weighted by molar-refractivity contribution is 5.95. The van der Waals surface area contributed by atoms with Crippen LogP contribution in [0.25, 0.3) is 0 Å². The fraction of sp³-hybridized carbons (Fsp3) is 0.444. The lowest BCUT2D eigenvalue weighted by Crippen LogP contribution is -2.39. The summed E-state index contributed by atoms with van der Waals surface area (Å²) in [6.07, 6.45) is 1.85. The van der Waals surface area contributed by atoms with Crippen molar-refractivity contribution < 1.29 is 13.9 Å². The average molecular weight is 329 g/mol. The summed E-state index contributed by atoms with van der Waals surface area (Å²) in [7, 11) is 1.62. The van der Waals surface area contributed by atoms with Crippen molar-refractivity contribution in [3.05, 3.63) is 41.6 Å². The fourth-order valence-electron chi connectivity index (χ4n) is 2.99. The van der Waals surface area contributed by atoms with Crippen LogP contribution in [0.5, 0.6) is 5.75 Å². The highest BCUT2D eigenvalue weighted by atomic mass is 16.5. The van der Waals surface area contributed by atoms with Gasteiger partial charge in [0.2, 0.25) is 11.8 Å². The number of aromatic nitrogens is 1. The Hall–Kier alpha value is -2.34. The maximum Gasteiger partial charge on any atom is 0.241 e. The summed E-state index contributed by atoms with van der Waals surface area (Å²) in [6.45, 7) is 5.28. The summed E-state index contributed by atoms with van der Waals surface area (Å²) in [4.78, 5) is 19.2. The Balaban J connectivity index is 1.64. The van der Waals surface area contributed by atoms with Crippen LogP contribution in [0.4, 0.5) is 5.69 Å². The quantitative estimate of drug-likeness (QED) is 0.913. The second-order valence-corrected chi connectivity index (χ2v) is 6.10. The second-order valence-electron chi connectivity index (χ2n) is 6.10. The molecule has 24 heavy (non-hydrogen) atoms. The number of aryl methyl sites for hydroxylation is 2. The van der Waals surface area contributed by atoms with Gasteiger partial charge in [-0.25, -0.2) is 4.98 Å². The van der Waals surface area contributed by atoms with Crippen molar-refractivity contribution in [3.63, 3.8) is 0 Å². The number of oxazole rings is 1. The van der Waals surface area contributed by atoms with E-state index >= 15 is 0 Å². The molecule has 1 saturated heterocycles. The molecule has 1 aliphatic heterocycles. The van der Waals surface area contributed by atoms with Gasteiger partial charge in [-0.15, -0.1) is 0 Å². The SMILES string of the molecule is COc1ccc(NC(=O)C2CCCN2Cc2nc(C)c(C)o2)cc1. The van der Waals surface area contributed by atoms with Gasteiger partial charge in [0.1, 0.15) is 11.5 Å². The van der Waals surface area contributed by atoms with E-state index in [4.69, 9.17) is 9.15 Å². The van der Waals surface area contributed by atoms with E-state index in [2.05, 4.69) is 15.2 Å². The van der Waals surface area contributed by atoms with Gasteiger partial charge in [-0.3, -0.25) is 9.69 Å². The molecule has 3 rings (SSSR count). The molecule has 1 aromatic heterocycles. The first-order valence-corrected chi connectivity index (χ1v) is 8.18. The molecule has 0 saturated carbocycles. The van der Waals surface area contributed by atoms with Gasteiger partial charge in [-0.2, -0.15) is 0 Å². The number of rotatable bonds is 5. The predicted octanol–water partition coefficient (Wildman–Crippen LogP) is 2.90. The Bertz CT molecular complexity index is 689. The lowest BCUT2D eigenvalue weighted by atomic mass is 10.2.